The monoisotopic (exact) mass is 664 g/mol. The second kappa shape index (κ2) is 17.8. The first-order chi connectivity index (χ1) is 19.3. The van der Waals surface area contributed by atoms with Crippen LogP contribution in [0.4, 0.5) is 0 Å². The molecule has 0 radical (unpaired) electrons. The van der Waals surface area contributed by atoms with Gasteiger partial charge in [0.2, 0.25) is 0 Å². The number of fused-ring (bicyclic) bond motifs is 2. The van der Waals surface area contributed by atoms with Crippen molar-refractivity contribution in [3.05, 3.63) is 112 Å². The van der Waals surface area contributed by atoms with Crippen LogP contribution in [0.1, 0.15) is 112 Å². The largest absolute Gasteiger partial charge is 1.00 e. The van der Waals surface area contributed by atoms with E-state index in [2.05, 4.69) is 174 Å². The van der Waals surface area contributed by atoms with Crippen LogP contribution in [0.15, 0.2) is 78.9 Å². The van der Waals surface area contributed by atoms with Crippen molar-refractivity contribution in [2.24, 2.45) is 0 Å². The normalized spacial score (nSPS) is 10.8. The predicted molar refractivity (Wildman–Crippen MR) is 183 cm³/mol. The van der Waals surface area contributed by atoms with Crippen molar-refractivity contribution in [2.45, 2.75) is 99.5 Å². The molecule has 0 aromatic heterocycles. The molecule has 0 unspecified atom stereocenters. The van der Waals surface area contributed by atoms with Crippen molar-refractivity contribution in [3.8, 4) is 0 Å². The molecule has 0 spiro atoms. The average molecular weight is 666 g/mol. The van der Waals surface area contributed by atoms with Crippen LogP contribution in [-0.2, 0) is 19.2 Å². The van der Waals surface area contributed by atoms with Gasteiger partial charge in [0.15, 0.2) is 0 Å². The topological polar surface area (TPSA) is 0 Å². The Morgan fingerprint density at radius 3 is 1.21 bits per heavy atom. The van der Waals surface area contributed by atoms with Gasteiger partial charge in [-0.3, -0.25) is 0 Å². The number of hydrogen-bond acceptors (Lipinski definition) is 0. The number of hydrogen-bond donors (Lipinski definition) is 0. The molecule has 0 aliphatic carbocycles. The fourth-order valence-electron chi connectivity index (χ4n) is 5.36. The molecule has 5 rings (SSSR count). The number of benzene rings is 3. The molecule has 0 amide bonds. The molecule has 230 valence electrons. The molecule has 0 N–H and O–H groups in total. The minimum Gasteiger partial charge on any atom is -1.00 e. The second-order valence-corrected chi connectivity index (χ2v) is 18.2. The summed E-state index contributed by atoms with van der Waals surface area (Å²) in [7, 11) is 0. The van der Waals surface area contributed by atoms with E-state index in [0.29, 0.717) is 23.7 Å². The van der Waals surface area contributed by atoms with Crippen LogP contribution in [0.5, 0.6) is 0 Å². The fraction of sp³-hybridized carbons (Fsp3) is 0.385. The third kappa shape index (κ3) is 10.8. The molecule has 4 heteroatoms. The molecule has 0 aliphatic heterocycles. The Morgan fingerprint density at radius 1 is 0.558 bits per heavy atom. The summed E-state index contributed by atoms with van der Waals surface area (Å²) in [5.74, 6) is 2.42. The van der Waals surface area contributed by atoms with Gasteiger partial charge in [-0.15, -0.1) is 56.9 Å². The quantitative estimate of drug-likeness (QED) is 0.177. The van der Waals surface area contributed by atoms with Crippen molar-refractivity contribution in [2.75, 3.05) is 0 Å². The molecule has 0 fully saturated rings. The first-order valence-corrected chi connectivity index (χ1v) is 19.6. The molecule has 0 saturated heterocycles. The Bertz CT molecular complexity index is 1490. The van der Waals surface area contributed by atoms with Crippen molar-refractivity contribution in [3.63, 3.8) is 0 Å². The summed E-state index contributed by atoms with van der Waals surface area (Å²) in [6.07, 6.45) is -0.212. The van der Waals surface area contributed by atoms with Crippen LogP contribution in [0.25, 0.3) is 21.5 Å². The van der Waals surface area contributed by atoms with E-state index in [0.717, 1.165) is 0 Å². The standard InChI is InChI=1S/2C16H21.C7H8Si.2ClH.Ti/c2*1-10(2)13-8-14-6-12(5)7-16(14)15(9-13)11(3)4;1-8-7-5-3-2-4-6-7;;;/h2*6-11H,1-5H3;2-6H,1H3;2*1H;/q2*-1;;;;+2/p-2. The molecule has 0 heterocycles. The molecule has 0 aliphatic rings. The van der Waals surface area contributed by atoms with Crippen molar-refractivity contribution >= 4 is 32.9 Å². The van der Waals surface area contributed by atoms with Crippen LogP contribution in [0, 0.1) is 13.8 Å². The zero-order valence-corrected chi connectivity index (χ0v) is 32.1. The van der Waals surface area contributed by atoms with E-state index in [4.69, 9.17) is 0 Å². The van der Waals surface area contributed by atoms with Gasteiger partial charge >= 0.3 is 67.4 Å². The van der Waals surface area contributed by atoms with Gasteiger partial charge in [0.1, 0.15) is 0 Å². The smallest absolute Gasteiger partial charge is 0.0306 e. The minimum absolute atomic E-state index is 0. The maximum absolute atomic E-state index is 2.39. The summed E-state index contributed by atoms with van der Waals surface area (Å²) in [5, 5.41) is 7.22. The third-order valence-electron chi connectivity index (χ3n) is 7.83. The van der Waals surface area contributed by atoms with Crippen LogP contribution >= 0.6 is 0 Å². The molecular formula is C39H50Cl2SiTi-2. The maximum Gasteiger partial charge on any atom is -0.0306 e. The molecule has 43 heavy (non-hydrogen) atoms. The molecule has 5 aromatic rings. The van der Waals surface area contributed by atoms with Gasteiger partial charge < -0.3 is 24.8 Å². The predicted octanol–water partition coefficient (Wildman–Crippen LogP) is 5.30. The SMILES string of the molecule is C[Si](=[Ti+2])c1ccccc1.Cc1cc2c(C(C)C)cc(C(C)C)cc2[cH-]1.Cc1cc2c(C(C)C)cc(C(C)C)cc2[cH-]1.[Cl-].[Cl-]. The van der Waals surface area contributed by atoms with Crippen LogP contribution < -0.4 is 30.0 Å². The second-order valence-electron chi connectivity index (χ2n) is 12.9. The van der Waals surface area contributed by atoms with E-state index < -0.39 is 0 Å². The summed E-state index contributed by atoms with van der Waals surface area (Å²) in [6.45, 7) is 24.8. The average Bonchev–Trinajstić information content (AvgIpc) is 3.48. The van der Waals surface area contributed by atoms with E-state index in [1.165, 1.54) is 60.1 Å². The Kier molecular flexibility index (Phi) is 16.3. The van der Waals surface area contributed by atoms with Crippen LogP contribution in [0.3, 0.4) is 0 Å². The van der Waals surface area contributed by atoms with Crippen LogP contribution in [-0.4, -0.2) is 6.19 Å². The first kappa shape index (κ1) is 39.4. The summed E-state index contributed by atoms with van der Waals surface area (Å²) in [6, 6.07) is 29.4. The molecular weight excluding hydrogens is 615 g/mol. The van der Waals surface area contributed by atoms with Crippen LogP contribution in [0.2, 0.25) is 6.55 Å². The van der Waals surface area contributed by atoms with E-state index in [-0.39, 0.29) is 31.0 Å². The van der Waals surface area contributed by atoms with Gasteiger partial charge in [0, 0.05) is 0 Å². The Labute approximate surface area is 286 Å². The Hall–Kier alpha value is -1.61. The number of rotatable bonds is 5. The summed E-state index contributed by atoms with van der Waals surface area (Å²) < 4.78 is 0. The van der Waals surface area contributed by atoms with E-state index in [9.17, 15) is 0 Å². The van der Waals surface area contributed by atoms with Gasteiger partial charge in [-0.25, -0.2) is 0 Å². The molecule has 0 bridgehead atoms. The van der Waals surface area contributed by atoms with Gasteiger partial charge in [0.05, 0.1) is 0 Å². The molecule has 0 saturated carbocycles. The van der Waals surface area contributed by atoms with Gasteiger partial charge in [0.25, 0.3) is 0 Å². The fourth-order valence-corrected chi connectivity index (χ4v) is 6.83. The Morgan fingerprint density at radius 2 is 0.930 bits per heavy atom. The van der Waals surface area contributed by atoms with Crippen molar-refractivity contribution in [1.29, 1.82) is 0 Å². The minimum atomic E-state index is -0.212. The zero-order valence-electron chi connectivity index (χ0n) is 28.1. The number of aryl methyl sites for hydroxylation is 2. The summed E-state index contributed by atoms with van der Waals surface area (Å²) in [5.41, 5.74) is 8.66. The van der Waals surface area contributed by atoms with Gasteiger partial charge in [-0.05, 0) is 23.7 Å². The molecule has 0 nitrogen and oxygen atoms in total. The zero-order chi connectivity index (χ0) is 30.4. The van der Waals surface area contributed by atoms with E-state index >= 15 is 0 Å². The van der Waals surface area contributed by atoms with Crippen molar-refractivity contribution in [1.82, 2.24) is 0 Å². The van der Waals surface area contributed by atoms with E-state index in [1.807, 2.05) is 0 Å². The molecule has 0 atom stereocenters. The summed E-state index contributed by atoms with van der Waals surface area (Å²) >= 11 is 2.31. The van der Waals surface area contributed by atoms with E-state index in [1.54, 1.807) is 0 Å². The first-order valence-electron chi connectivity index (χ1n) is 15.3. The molecule has 5 aromatic carbocycles. The maximum atomic E-state index is 2.39. The third-order valence-corrected chi connectivity index (χ3v) is 10.4. The number of halogens is 2. The summed E-state index contributed by atoms with van der Waals surface area (Å²) in [4.78, 5) is 0. The Balaban J connectivity index is 0.000000328. The van der Waals surface area contributed by atoms with Gasteiger partial charge in [-0.1, -0.05) is 104 Å². The van der Waals surface area contributed by atoms with Crippen molar-refractivity contribution < 1.29 is 44.0 Å². The van der Waals surface area contributed by atoms with Gasteiger partial charge in [-0.2, -0.15) is 12.1 Å².